The highest BCUT2D eigenvalue weighted by Gasteiger charge is 2.33. The van der Waals surface area contributed by atoms with Crippen LogP contribution in [0.15, 0.2) is 0 Å². The fourth-order valence-electron chi connectivity index (χ4n) is 2.95. The van der Waals surface area contributed by atoms with Gasteiger partial charge < -0.3 is 10.0 Å². The third-order valence-corrected chi connectivity index (χ3v) is 4.86. The molecule has 1 N–H and O–H groups in total. The van der Waals surface area contributed by atoms with Crippen LogP contribution in [0.2, 0.25) is 0 Å². The van der Waals surface area contributed by atoms with Crippen molar-refractivity contribution >= 4 is 0 Å². The summed E-state index contributed by atoms with van der Waals surface area (Å²) in [5, 5.41) is 9.62. The molecule has 100 valence electrons. The maximum absolute atomic E-state index is 9.62. The molecule has 1 aliphatic heterocycles. The molecule has 1 heterocycles. The number of hydrogen-bond acceptors (Lipinski definition) is 3. The minimum atomic E-state index is 0.141. The Morgan fingerprint density at radius 3 is 2.06 bits per heavy atom. The minimum Gasteiger partial charge on any atom is -0.396 e. The molecule has 1 saturated heterocycles. The highest BCUT2D eigenvalue weighted by atomic mass is 16.3. The van der Waals surface area contributed by atoms with E-state index in [9.17, 15) is 5.11 Å². The molecule has 0 aromatic heterocycles. The molecule has 0 unspecified atom stereocenters. The minimum absolute atomic E-state index is 0.141. The van der Waals surface area contributed by atoms with Gasteiger partial charge in [0.1, 0.15) is 0 Å². The van der Waals surface area contributed by atoms with E-state index in [1.165, 1.54) is 39.0 Å². The Hall–Kier alpha value is -0.120. The first-order valence-corrected chi connectivity index (χ1v) is 7.30. The van der Waals surface area contributed by atoms with Crippen LogP contribution in [-0.4, -0.2) is 60.3 Å². The topological polar surface area (TPSA) is 26.7 Å². The Bertz CT molecular complexity index is 220. The lowest BCUT2D eigenvalue weighted by molar-refractivity contribution is 0.0390. The molecule has 3 heteroatoms. The summed E-state index contributed by atoms with van der Waals surface area (Å²) >= 11 is 0. The quantitative estimate of drug-likeness (QED) is 0.763. The number of aliphatic hydroxyl groups is 1. The van der Waals surface area contributed by atoms with E-state index in [1.807, 2.05) is 0 Å². The molecule has 0 amide bonds. The average molecular weight is 240 g/mol. The van der Waals surface area contributed by atoms with Crippen LogP contribution < -0.4 is 0 Å². The Kier molecular flexibility index (Phi) is 4.45. The van der Waals surface area contributed by atoms with Crippen molar-refractivity contribution in [1.82, 2.24) is 9.80 Å². The van der Waals surface area contributed by atoms with Gasteiger partial charge in [0, 0.05) is 50.8 Å². The summed E-state index contributed by atoms with van der Waals surface area (Å²) in [4.78, 5) is 5.21. The molecule has 0 spiro atoms. The highest BCUT2D eigenvalue weighted by molar-refractivity contribution is 4.89. The molecular weight excluding hydrogens is 212 g/mol. The van der Waals surface area contributed by atoms with E-state index in [4.69, 9.17) is 0 Å². The second kappa shape index (κ2) is 5.68. The van der Waals surface area contributed by atoms with E-state index >= 15 is 0 Å². The smallest absolute Gasteiger partial charge is 0.0499 e. The largest absolute Gasteiger partial charge is 0.396 e. The molecule has 0 aromatic rings. The zero-order valence-corrected chi connectivity index (χ0v) is 11.5. The average Bonchev–Trinajstić information content (AvgIpc) is 3.21. The van der Waals surface area contributed by atoms with E-state index in [1.54, 1.807) is 0 Å². The number of hydrogen-bond donors (Lipinski definition) is 1. The summed E-state index contributed by atoms with van der Waals surface area (Å²) < 4.78 is 0. The third kappa shape index (κ3) is 3.21. The second-order valence-corrected chi connectivity index (χ2v) is 5.91. The van der Waals surface area contributed by atoms with Crippen LogP contribution in [-0.2, 0) is 0 Å². The lowest BCUT2D eigenvalue weighted by Gasteiger charge is -2.40. The number of piperazine rings is 1. The standard InChI is InChI=1S/C14H28N2O/c1-3-14(4-2,12-17)11-15-7-9-16(10-8-15)13-5-6-13/h13,17H,3-12H2,1-2H3. The first-order valence-electron chi connectivity index (χ1n) is 7.30. The van der Waals surface area contributed by atoms with Crippen molar-refractivity contribution in [2.24, 2.45) is 5.41 Å². The molecule has 0 atom stereocenters. The molecule has 1 aliphatic carbocycles. The van der Waals surface area contributed by atoms with Gasteiger partial charge in [-0.3, -0.25) is 4.90 Å². The lowest BCUT2D eigenvalue weighted by Crippen LogP contribution is -2.51. The summed E-state index contributed by atoms with van der Waals surface area (Å²) in [6.45, 7) is 10.7. The fourth-order valence-corrected chi connectivity index (χ4v) is 2.95. The van der Waals surface area contributed by atoms with Crippen LogP contribution in [0.1, 0.15) is 39.5 Å². The van der Waals surface area contributed by atoms with Crippen molar-refractivity contribution < 1.29 is 5.11 Å². The van der Waals surface area contributed by atoms with Gasteiger partial charge in [-0.1, -0.05) is 13.8 Å². The van der Waals surface area contributed by atoms with Gasteiger partial charge in [0.25, 0.3) is 0 Å². The SMILES string of the molecule is CCC(CC)(CO)CN1CCN(C2CC2)CC1. The second-order valence-electron chi connectivity index (χ2n) is 5.91. The first-order chi connectivity index (χ1) is 8.23. The maximum Gasteiger partial charge on any atom is 0.0499 e. The molecule has 0 radical (unpaired) electrons. The van der Waals surface area contributed by atoms with Gasteiger partial charge in [-0.05, 0) is 25.7 Å². The number of nitrogens with zero attached hydrogens (tertiary/aromatic N) is 2. The molecule has 2 aliphatic rings. The summed E-state index contributed by atoms with van der Waals surface area (Å²) in [5.74, 6) is 0. The molecule has 3 nitrogen and oxygen atoms in total. The Labute approximate surface area is 106 Å². The zero-order chi connectivity index (χ0) is 12.3. The van der Waals surface area contributed by atoms with E-state index in [-0.39, 0.29) is 5.41 Å². The maximum atomic E-state index is 9.62. The molecule has 1 saturated carbocycles. The Morgan fingerprint density at radius 1 is 1.06 bits per heavy atom. The third-order valence-electron chi connectivity index (χ3n) is 4.86. The fraction of sp³-hybridized carbons (Fsp3) is 1.00. The van der Waals surface area contributed by atoms with Crippen LogP contribution >= 0.6 is 0 Å². The summed E-state index contributed by atoms with van der Waals surface area (Å²) in [7, 11) is 0. The lowest BCUT2D eigenvalue weighted by atomic mass is 9.82. The summed E-state index contributed by atoms with van der Waals surface area (Å²) in [5.41, 5.74) is 0.141. The van der Waals surface area contributed by atoms with Crippen LogP contribution in [0.5, 0.6) is 0 Å². The van der Waals surface area contributed by atoms with Crippen molar-refractivity contribution in [2.75, 3.05) is 39.3 Å². The van der Waals surface area contributed by atoms with Crippen LogP contribution in [0.4, 0.5) is 0 Å². The molecular formula is C14H28N2O. The summed E-state index contributed by atoms with van der Waals surface area (Å²) in [6, 6.07) is 0.914. The van der Waals surface area contributed by atoms with Gasteiger partial charge >= 0.3 is 0 Å². The van der Waals surface area contributed by atoms with Gasteiger partial charge in [-0.25, -0.2) is 0 Å². The molecule has 0 bridgehead atoms. The van der Waals surface area contributed by atoms with E-state index in [0.29, 0.717) is 6.61 Å². The van der Waals surface area contributed by atoms with Crippen LogP contribution in [0.25, 0.3) is 0 Å². The van der Waals surface area contributed by atoms with Crippen molar-refractivity contribution in [1.29, 1.82) is 0 Å². The van der Waals surface area contributed by atoms with Crippen LogP contribution in [0.3, 0.4) is 0 Å². The zero-order valence-electron chi connectivity index (χ0n) is 11.5. The van der Waals surface area contributed by atoms with E-state index in [2.05, 4.69) is 23.6 Å². The molecule has 17 heavy (non-hydrogen) atoms. The van der Waals surface area contributed by atoms with Crippen molar-refractivity contribution in [3.63, 3.8) is 0 Å². The molecule has 2 rings (SSSR count). The monoisotopic (exact) mass is 240 g/mol. The van der Waals surface area contributed by atoms with E-state index in [0.717, 1.165) is 25.4 Å². The first kappa shape index (κ1) is 13.3. The predicted octanol–water partition coefficient (Wildman–Crippen LogP) is 1.57. The van der Waals surface area contributed by atoms with Crippen LogP contribution in [0, 0.1) is 5.41 Å². The summed E-state index contributed by atoms with van der Waals surface area (Å²) in [6.07, 6.45) is 5.01. The van der Waals surface area contributed by atoms with Crippen molar-refractivity contribution in [2.45, 2.75) is 45.6 Å². The van der Waals surface area contributed by atoms with Crippen molar-refractivity contribution in [3.05, 3.63) is 0 Å². The van der Waals surface area contributed by atoms with Gasteiger partial charge in [-0.2, -0.15) is 0 Å². The van der Waals surface area contributed by atoms with Gasteiger partial charge in [0.2, 0.25) is 0 Å². The molecule has 0 aromatic carbocycles. The Morgan fingerprint density at radius 2 is 1.65 bits per heavy atom. The molecule has 2 fully saturated rings. The van der Waals surface area contributed by atoms with E-state index < -0.39 is 0 Å². The van der Waals surface area contributed by atoms with Gasteiger partial charge in [0.15, 0.2) is 0 Å². The highest BCUT2D eigenvalue weighted by Crippen LogP contribution is 2.30. The number of aliphatic hydroxyl groups excluding tert-OH is 1. The Balaban J connectivity index is 1.79. The predicted molar refractivity (Wildman–Crippen MR) is 71.1 cm³/mol. The number of rotatable bonds is 6. The van der Waals surface area contributed by atoms with Crippen molar-refractivity contribution in [3.8, 4) is 0 Å². The van der Waals surface area contributed by atoms with Gasteiger partial charge in [0.05, 0.1) is 0 Å². The normalized spacial score (nSPS) is 24.2. The van der Waals surface area contributed by atoms with Gasteiger partial charge in [-0.15, -0.1) is 0 Å².